The third-order valence-corrected chi connectivity index (χ3v) is 7.42. The number of imidazole rings is 1. The summed E-state index contributed by atoms with van der Waals surface area (Å²) >= 11 is 6.67. The summed E-state index contributed by atoms with van der Waals surface area (Å²) in [6, 6.07) is 22.2. The molecule has 0 aliphatic heterocycles. The summed E-state index contributed by atoms with van der Waals surface area (Å²) in [7, 11) is 0. The number of nitrogens with zero attached hydrogens (tertiary/aromatic N) is 5. The van der Waals surface area contributed by atoms with Crippen molar-refractivity contribution in [3.63, 3.8) is 0 Å². The number of aromatic nitrogens is 6. The second-order valence-corrected chi connectivity index (χ2v) is 10.5. The van der Waals surface area contributed by atoms with Crippen LogP contribution in [0.2, 0.25) is 5.02 Å². The van der Waals surface area contributed by atoms with Crippen LogP contribution in [0.25, 0.3) is 28.2 Å². The second-order valence-electron chi connectivity index (χ2n) is 10.1. The molecule has 0 unspecified atom stereocenters. The van der Waals surface area contributed by atoms with Crippen LogP contribution in [0, 0.1) is 0 Å². The Hall–Kier alpha value is -3.97. The Morgan fingerprint density at radius 3 is 2.41 bits per heavy atom. The normalized spacial score (nSPS) is 11.4. The number of hydrogen-bond acceptors (Lipinski definition) is 4. The lowest BCUT2D eigenvalue weighted by Crippen LogP contribution is -2.25. The van der Waals surface area contributed by atoms with E-state index in [4.69, 9.17) is 11.6 Å². The summed E-state index contributed by atoms with van der Waals surface area (Å²) in [5.41, 5.74) is 6.87. The standard InChI is InChI=1S/C31H33ClN6O/c1-4-5-6-10-24-20-38(29-25(21(2)3)13-9-14-28(29)32)31(39)37(24)19-22-15-17-23(18-16-22)26-11-7-8-12-27(26)30-33-35-36-34-30/h7-9,11-18,20-21H,4-6,10,19H2,1-3H3,(H,33,34,35,36). The van der Waals surface area contributed by atoms with Crippen molar-refractivity contribution in [1.29, 1.82) is 0 Å². The molecule has 7 nitrogen and oxygen atoms in total. The molecule has 0 aliphatic rings. The minimum absolute atomic E-state index is 0.0660. The number of para-hydroxylation sites is 1. The lowest BCUT2D eigenvalue weighted by molar-refractivity contribution is 0.653. The number of hydrogen-bond donors (Lipinski definition) is 1. The van der Waals surface area contributed by atoms with E-state index >= 15 is 0 Å². The monoisotopic (exact) mass is 540 g/mol. The topological polar surface area (TPSA) is 81.4 Å². The maximum Gasteiger partial charge on any atom is 0.333 e. The molecule has 8 heteroatoms. The average molecular weight is 541 g/mol. The lowest BCUT2D eigenvalue weighted by Gasteiger charge is -2.14. The number of aryl methyl sites for hydroxylation is 1. The highest BCUT2D eigenvalue weighted by Crippen LogP contribution is 2.31. The van der Waals surface area contributed by atoms with E-state index in [1.165, 1.54) is 0 Å². The van der Waals surface area contributed by atoms with Crippen LogP contribution in [-0.4, -0.2) is 29.8 Å². The number of rotatable bonds is 10. The Kier molecular flexibility index (Phi) is 8.07. The Balaban J connectivity index is 1.50. The van der Waals surface area contributed by atoms with E-state index in [1.807, 2.05) is 41.1 Å². The first-order chi connectivity index (χ1) is 19.0. The zero-order valence-electron chi connectivity index (χ0n) is 22.6. The molecule has 0 radical (unpaired) electrons. The predicted octanol–water partition coefficient (Wildman–Crippen LogP) is 7.04. The van der Waals surface area contributed by atoms with Gasteiger partial charge in [-0.3, -0.25) is 9.13 Å². The summed E-state index contributed by atoms with van der Waals surface area (Å²) in [6.45, 7) is 6.92. The lowest BCUT2D eigenvalue weighted by atomic mass is 9.98. The van der Waals surface area contributed by atoms with Gasteiger partial charge in [-0.15, -0.1) is 5.10 Å². The van der Waals surface area contributed by atoms with E-state index < -0.39 is 0 Å². The minimum Gasteiger partial charge on any atom is -0.292 e. The van der Waals surface area contributed by atoms with Crippen LogP contribution in [0.15, 0.2) is 77.7 Å². The van der Waals surface area contributed by atoms with Gasteiger partial charge in [0.1, 0.15) is 0 Å². The number of benzene rings is 3. The summed E-state index contributed by atoms with van der Waals surface area (Å²) in [5.74, 6) is 0.861. The van der Waals surface area contributed by atoms with E-state index in [-0.39, 0.29) is 11.6 Å². The first-order valence-electron chi connectivity index (χ1n) is 13.5. The fourth-order valence-electron chi connectivity index (χ4n) is 5.05. The van der Waals surface area contributed by atoms with Gasteiger partial charge in [-0.25, -0.2) is 9.89 Å². The molecule has 200 valence electrons. The smallest absolute Gasteiger partial charge is 0.292 e. The van der Waals surface area contributed by atoms with Gasteiger partial charge in [0.25, 0.3) is 0 Å². The average Bonchev–Trinajstić information content (AvgIpc) is 3.58. The van der Waals surface area contributed by atoms with Gasteiger partial charge in [0.15, 0.2) is 5.82 Å². The van der Waals surface area contributed by atoms with Gasteiger partial charge in [-0.2, -0.15) is 0 Å². The van der Waals surface area contributed by atoms with Crippen molar-refractivity contribution in [3.8, 4) is 28.2 Å². The van der Waals surface area contributed by atoms with Crippen molar-refractivity contribution in [2.75, 3.05) is 0 Å². The molecule has 0 aliphatic carbocycles. The van der Waals surface area contributed by atoms with Gasteiger partial charge in [0, 0.05) is 17.5 Å². The van der Waals surface area contributed by atoms with Crippen LogP contribution in [0.1, 0.15) is 62.8 Å². The molecular formula is C31H33ClN6O. The molecule has 39 heavy (non-hydrogen) atoms. The second kappa shape index (κ2) is 11.8. The summed E-state index contributed by atoms with van der Waals surface area (Å²) in [5, 5.41) is 15.0. The van der Waals surface area contributed by atoms with Crippen molar-refractivity contribution in [2.24, 2.45) is 0 Å². The van der Waals surface area contributed by atoms with Crippen molar-refractivity contribution in [2.45, 2.75) is 58.9 Å². The molecule has 0 amide bonds. The largest absolute Gasteiger partial charge is 0.333 e. The zero-order valence-corrected chi connectivity index (χ0v) is 23.3. The highest BCUT2D eigenvalue weighted by atomic mass is 35.5. The molecule has 0 bridgehead atoms. The molecule has 3 aromatic carbocycles. The Labute approximate surface area is 233 Å². The number of nitrogens with one attached hydrogen (secondary N) is 1. The number of halogens is 1. The highest BCUT2D eigenvalue weighted by Gasteiger charge is 2.19. The number of tetrazole rings is 1. The molecule has 0 spiro atoms. The highest BCUT2D eigenvalue weighted by molar-refractivity contribution is 6.32. The fraction of sp³-hybridized carbons (Fsp3) is 0.290. The van der Waals surface area contributed by atoms with Crippen molar-refractivity contribution in [3.05, 3.63) is 105 Å². The van der Waals surface area contributed by atoms with Crippen LogP contribution in [0.3, 0.4) is 0 Å². The fourth-order valence-corrected chi connectivity index (χ4v) is 5.32. The molecular weight excluding hydrogens is 508 g/mol. The summed E-state index contributed by atoms with van der Waals surface area (Å²) in [6.07, 6.45) is 6.11. The van der Waals surface area contributed by atoms with Crippen LogP contribution in [0.5, 0.6) is 0 Å². The zero-order chi connectivity index (χ0) is 27.4. The van der Waals surface area contributed by atoms with Crippen molar-refractivity contribution in [1.82, 2.24) is 29.8 Å². The molecule has 0 saturated carbocycles. The Morgan fingerprint density at radius 1 is 0.949 bits per heavy atom. The van der Waals surface area contributed by atoms with E-state index in [1.54, 1.807) is 4.57 Å². The van der Waals surface area contributed by atoms with E-state index in [2.05, 4.69) is 77.8 Å². The first kappa shape index (κ1) is 26.6. The quantitative estimate of drug-likeness (QED) is 0.192. The minimum atomic E-state index is -0.0660. The number of aromatic amines is 1. The Bertz CT molecular complexity index is 1600. The van der Waals surface area contributed by atoms with Gasteiger partial charge in [0.2, 0.25) is 0 Å². The summed E-state index contributed by atoms with van der Waals surface area (Å²) < 4.78 is 3.64. The molecule has 0 fully saturated rings. The molecule has 2 heterocycles. The van der Waals surface area contributed by atoms with Crippen LogP contribution in [-0.2, 0) is 13.0 Å². The van der Waals surface area contributed by atoms with Crippen molar-refractivity contribution < 1.29 is 0 Å². The molecule has 5 rings (SSSR count). The van der Waals surface area contributed by atoms with Crippen LogP contribution >= 0.6 is 11.6 Å². The van der Waals surface area contributed by atoms with Gasteiger partial charge in [0.05, 0.1) is 17.3 Å². The van der Waals surface area contributed by atoms with E-state index in [0.29, 0.717) is 17.4 Å². The van der Waals surface area contributed by atoms with Crippen molar-refractivity contribution >= 4 is 11.6 Å². The van der Waals surface area contributed by atoms with Gasteiger partial charge in [-0.1, -0.05) is 106 Å². The Morgan fingerprint density at radius 2 is 1.72 bits per heavy atom. The maximum absolute atomic E-state index is 13.9. The third kappa shape index (κ3) is 5.59. The third-order valence-electron chi connectivity index (χ3n) is 7.11. The molecule has 1 N–H and O–H groups in total. The van der Waals surface area contributed by atoms with E-state index in [0.717, 1.165) is 64.9 Å². The van der Waals surface area contributed by atoms with Crippen LogP contribution < -0.4 is 5.69 Å². The van der Waals surface area contributed by atoms with Crippen LogP contribution in [0.4, 0.5) is 0 Å². The van der Waals surface area contributed by atoms with E-state index in [9.17, 15) is 4.79 Å². The first-order valence-corrected chi connectivity index (χ1v) is 13.9. The molecule has 0 atom stereocenters. The SMILES string of the molecule is CCCCCc1cn(-c2c(Cl)cccc2C(C)C)c(=O)n1Cc1ccc(-c2ccccc2-c2nnn[nH]2)cc1. The summed E-state index contributed by atoms with van der Waals surface area (Å²) in [4.78, 5) is 13.9. The predicted molar refractivity (Wildman–Crippen MR) is 157 cm³/mol. The molecule has 0 saturated heterocycles. The van der Waals surface area contributed by atoms with Gasteiger partial charge < -0.3 is 0 Å². The van der Waals surface area contributed by atoms with Gasteiger partial charge >= 0.3 is 5.69 Å². The molecule has 2 aromatic heterocycles. The van der Waals surface area contributed by atoms with Gasteiger partial charge in [-0.05, 0) is 57.5 Å². The number of unbranched alkanes of at least 4 members (excludes halogenated alkanes) is 2. The number of H-pyrrole nitrogens is 1. The molecule has 5 aromatic rings. The maximum atomic E-state index is 13.9.